The van der Waals surface area contributed by atoms with Gasteiger partial charge in [0.05, 0.1) is 0 Å². The molecule has 3 nitrogen and oxygen atoms in total. The number of likely N-dealkylation sites (tertiary alicyclic amines) is 1. The van der Waals surface area contributed by atoms with Gasteiger partial charge in [-0.3, -0.25) is 4.79 Å². The van der Waals surface area contributed by atoms with E-state index in [-0.39, 0.29) is 17.4 Å². The Balaban J connectivity index is 2.73. The van der Waals surface area contributed by atoms with Crippen molar-refractivity contribution in [3.63, 3.8) is 0 Å². The molecule has 2 atom stereocenters. The highest BCUT2D eigenvalue weighted by atomic mass is 16.2. The summed E-state index contributed by atoms with van der Waals surface area (Å²) in [5, 5.41) is 0. The summed E-state index contributed by atoms with van der Waals surface area (Å²) in [6.07, 6.45) is 4.31. The number of carbonyl (C=O) groups is 1. The van der Waals surface area contributed by atoms with Crippen LogP contribution in [-0.4, -0.2) is 29.9 Å². The molecule has 1 heterocycles. The summed E-state index contributed by atoms with van der Waals surface area (Å²) in [6.45, 7) is 9.87. The second-order valence-corrected chi connectivity index (χ2v) is 5.92. The first-order chi connectivity index (χ1) is 7.96. The Morgan fingerprint density at radius 2 is 2.06 bits per heavy atom. The molecule has 0 radical (unpaired) electrons. The average molecular weight is 240 g/mol. The van der Waals surface area contributed by atoms with Crippen molar-refractivity contribution in [2.24, 2.45) is 17.1 Å². The molecule has 1 amide bonds. The van der Waals surface area contributed by atoms with Crippen LogP contribution in [0.4, 0.5) is 0 Å². The molecule has 17 heavy (non-hydrogen) atoms. The lowest BCUT2D eigenvalue weighted by atomic mass is 9.84. The third kappa shape index (κ3) is 3.21. The first-order valence-electron chi connectivity index (χ1n) is 6.97. The molecular formula is C14H28N2O. The molecule has 2 unspecified atom stereocenters. The number of piperidine rings is 1. The van der Waals surface area contributed by atoms with E-state index in [9.17, 15) is 4.79 Å². The van der Waals surface area contributed by atoms with E-state index in [1.165, 1.54) is 6.42 Å². The molecule has 0 spiro atoms. The van der Waals surface area contributed by atoms with Gasteiger partial charge in [0.15, 0.2) is 0 Å². The van der Waals surface area contributed by atoms with Crippen molar-refractivity contribution in [1.82, 2.24) is 4.90 Å². The fourth-order valence-electron chi connectivity index (χ4n) is 2.54. The summed E-state index contributed by atoms with van der Waals surface area (Å²) < 4.78 is 0. The zero-order chi connectivity index (χ0) is 13.1. The highest BCUT2D eigenvalue weighted by molar-refractivity contribution is 5.82. The van der Waals surface area contributed by atoms with E-state index >= 15 is 0 Å². The van der Waals surface area contributed by atoms with E-state index < -0.39 is 0 Å². The molecule has 0 aliphatic carbocycles. The Bertz CT molecular complexity index is 263. The highest BCUT2D eigenvalue weighted by Gasteiger charge is 2.36. The van der Waals surface area contributed by atoms with E-state index in [0.717, 1.165) is 31.7 Å². The number of carbonyl (C=O) groups excluding carboxylic acids is 1. The zero-order valence-electron chi connectivity index (χ0n) is 11.8. The van der Waals surface area contributed by atoms with Crippen LogP contribution in [0.2, 0.25) is 0 Å². The molecule has 1 aliphatic rings. The van der Waals surface area contributed by atoms with Gasteiger partial charge in [0.2, 0.25) is 5.91 Å². The molecule has 0 aromatic rings. The Hall–Kier alpha value is -0.570. The van der Waals surface area contributed by atoms with Crippen LogP contribution in [0.5, 0.6) is 0 Å². The maximum absolute atomic E-state index is 12.5. The Labute approximate surface area is 106 Å². The van der Waals surface area contributed by atoms with Gasteiger partial charge in [0, 0.05) is 24.5 Å². The van der Waals surface area contributed by atoms with Crippen LogP contribution in [0.1, 0.15) is 53.4 Å². The van der Waals surface area contributed by atoms with Crippen molar-refractivity contribution in [2.45, 2.75) is 59.4 Å². The van der Waals surface area contributed by atoms with Crippen LogP contribution in [0.25, 0.3) is 0 Å². The summed E-state index contributed by atoms with van der Waals surface area (Å²) in [6, 6.07) is 0.257. The highest BCUT2D eigenvalue weighted by Crippen LogP contribution is 2.30. The largest absolute Gasteiger partial charge is 0.338 e. The summed E-state index contributed by atoms with van der Waals surface area (Å²) in [4.78, 5) is 14.5. The standard InChI is InChI=1S/C14H28N2O/c1-5-11-7-8-16(12(9-11)10-15)13(17)14(3,4)6-2/h11-12H,5-10,15H2,1-4H3. The van der Waals surface area contributed by atoms with Crippen LogP contribution >= 0.6 is 0 Å². The van der Waals surface area contributed by atoms with Gasteiger partial charge in [-0.25, -0.2) is 0 Å². The lowest BCUT2D eigenvalue weighted by Crippen LogP contribution is -2.53. The summed E-state index contributed by atoms with van der Waals surface area (Å²) >= 11 is 0. The van der Waals surface area contributed by atoms with Crippen LogP contribution in [-0.2, 0) is 4.79 Å². The molecule has 2 N–H and O–H groups in total. The maximum atomic E-state index is 12.5. The number of amides is 1. The minimum Gasteiger partial charge on any atom is -0.338 e. The second-order valence-electron chi connectivity index (χ2n) is 5.92. The predicted octanol–water partition coefficient (Wildman–Crippen LogP) is 2.40. The minimum absolute atomic E-state index is 0.244. The Kier molecular flexibility index (Phi) is 4.99. The first kappa shape index (κ1) is 14.5. The van der Waals surface area contributed by atoms with Crippen LogP contribution in [0, 0.1) is 11.3 Å². The second kappa shape index (κ2) is 5.85. The van der Waals surface area contributed by atoms with Gasteiger partial charge in [-0.1, -0.05) is 34.1 Å². The zero-order valence-corrected chi connectivity index (χ0v) is 11.8. The van der Waals surface area contributed by atoms with Gasteiger partial charge in [-0.15, -0.1) is 0 Å². The van der Waals surface area contributed by atoms with E-state index in [1.807, 2.05) is 18.7 Å². The van der Waals surface area contributed by atoms with Crippen LogP contribution < -0.4 is 5.73 Å². The van der Waals surface area contributed by atoms with Gasteiger partial charge >= 0.3 is 0 Å². The van der Waals surface area contributed by atoms with E-state index in [0.29, 0.717) is 6.54 Å². The Morgan fingerprint density at radius 1 is 1.41 bits per heavy atom. The summed E-state index contributed by atoms with van der Waals surface area (Å²) in [7, 11) is 0. The normalized spacial score (nSPS) is 26.1. The summed E-state index contributed by atoms with van der Waals surface area (Å²) in [5.41, 5.74) is 5.60. The lowest BCUT2D eigenvalue weighted by molar-refractivity contribution is -0.145. The van der Waals surface area contributed by atoms with Gasteiger partial charge in [0.25, 0.3) is 0 Å². The quantitative estimate of drug-likeness (QED) is 0.820. The molecular weight excluding hydrogens is 212 g/mol. The number of hydrogen-bond donors (Lipinski definition) is 1. The fourth-order valence-corrected chi connectivity index (χ4v) is 2.54. The minimum atomic E-state index is -0.244. The average Bonchev–Trinajstić information content (AvgIpc) is 2.36. The Morgan fingerprint density at radius 3 is 2.53 bits per heavy atom. The molecule has 0 saturated carbocycles. The van der Waals surface area contributed by atoms with Crippen LogP contribution in [0.15, 0.2) is 0 Å². The molecule has 1 aliphatic heterocycles. The van der Waals surface area contributed by atoms with E-state index in [2.05, 4.69) is 13.8 Å². The number of nitrogens with two attached hydrogens (primary N) is 1. The molecule has 3 heteroatoms. The van der Waals surface area contributed by atoms with E-state index in [4.69, 9.17) is 5.73 Å². The van der Waals surface area contributed by atoms with Crippen molar-refractivity contribution in [2.75, 3.05) is 13.1 Å². The van der Waals surface area contributed by atoms with Crippen molar-refractivity contribution in [1.29, 1.82) is 0 Å². The third-order valence-electron chi connectivity index (χ3n) is 4.40. The smallest absolute Gasteiger partial charge is 0.228 e. The third-order valence-corrected chi connectivity index (χ3v) is 4.40. The molecule has 0 aromatic heterocycles. The van der Waals surface area contributed by atoms with Crippen molar-refractivity contribution in [3.05, 3.63) is 0 Å². The number of rotatable bonds is 4. The predicted molar refractivity (Wildman–Crippen MR) is 71.6 cm³/mol. The van der Waals surface area contributed by atoms with Gasteiger partial charge in [-0.2, -0.15) is 0 Å². The van der Waals surface area contributed by atoms with Crippen molar-refractivity contribution >= 4 is 5.91 Å². The first-order valence-corrected chi connectivity index (χ1v) is 6.97. The van der Waals surface area contributed by atoms with Gasteiger partial charge in [-0.05, 0) is 25.2 Å². The van der Waals surface area contributed by atoms with Crippen molar-refractivity contribution in [3.8, 4) is 0 Å². The molecule has 1 rings (SSSR count). The lowest BCUT2D eigenvalue weighted by Gasteiger charge is -2.42. The van der Waals surface area contributed by atoms with Gasteiger partial charge < -0.3 is 10.6 Å². The SMILES string of the molecule is CCC1CCN(C(=O)C(C)(C)CC)C(CN)C1. The molecule has 0 bridgehead atoms. The topological polar surface area (TPSA) is 46.3 Å². The van der Waals surface area contributed by atoms with Crippen LogP contribution in [0.3, 0.4) is 0 Å². The molecule has 1 saturated heterocycles. The maximum Gasteiger partial charge on any atom is 0.228 e. The molecule has 1 fully saturated rings. The van der Waals surface area contributed by atoms with Crippen molar-refractivity contribution < 1.29 is 4.79 Å². The molecule has 0 aromatic carbocycles. The molecule has 100 valence electrons. The number of nitrogens with zero attached hydrogens (tertiary/aromatic N) is 1. The summed E-state index contributed by atoms with van der Waals surface area (Å²) in [5.74, 6) is 1.03. The fraction of sp³-hybridized carbons (Fsp3) is 0.929. The number of hydrogen-bond acceptors (Lipinski definition) is 2. The monoisotopic (exact) mass is 240 g/mol. The van der Waals surface area contributed by atoms with E-state index in [1.54, 1.807) is 0 Å². The van der Waals surface area contributed by atoms with Gasteiger partial charge in [0.1, 0.15) is 0 Å².